The predicted molar refractivity (Wildman–Crippen MR) is 80.3 cm³/mol. The van der Waals surface area contributed by atoms with E-state index in [-0.39, 0.29) is 5.76 Å². The molecule has 1 aromatic carbocycles. The maximum absolute atomic E-state index is 13.3. The molecule has 0 aliphatic heterocycles. The van der Waals surface area contributed by atoms with Gasteiger partial charge in [-0.2, -0.15) is 0 Å². The van der Waals surface area contributed by atoms with Crippen LogP contribution >= 0.6 is 0 Å². The smallest absolute Gasteiger partial charge is 0.433 e. The van der Waals surface area contributed by atoms with Crippen molar-refractivity contribution in [2.75, 3.05) is 11.9 Å². The van der Waals surface area contributed by atoms with Crippen LogP contribution < -0.4 is 5.32 Å². The molecule has 0 unspecified atom stereocenters. The fourth-order valence-corrected chi connectivity index (χ4v) is 1.66. The second-order valence-corrected chi connectivity index (χ2v) is 4.52. The number of rotatable bonds is 6. The van der Waals surface area contributed by atoms with E-state index in [4.69, 9.17) is 4.42 Å². The lowest BCUT2D eigenvalue weighted by molar-refractivity contribution is -0.402. The van der Waals surface area contributed by atoms with Gasteiger partial charge in [0.25, 0.3) is 5.91 Å². The first-order valence-corrected chi connectivity index (χ1v) is 6.69. The van der Waals surface area contributed by atoms with Crippen LogP contribution in [-0.2, 0) is 14.3 Å². The molecule has 2 aromatic rings. The molecule has 0 saturated carbocycles. The molecule has 0 atom stereocenters. The van der Waals surface area contributed by atoms with Gasteiger partial charge >= 0.3 is 11.9 Å². The lowest BCUT2D eigenvalue weighted by atomic mass is 10.3. The van der Waals surface area contributed by atoms with E-state index in [1.54, 1.807) is 0 Å². The van der Waals surface area contributed by atoms with Crippen LogP contribution in [0.1, 0.15) is 5.76 Å². The highest BCUT2D eigenvalue weighted by Crippen LogP contribution is 2.18. The molecule has 0 radical (unpaired) electrons. The van der Waals surface area contributed by atoms with Crippen molar-refractivity contribution < 1.29 is 32.4 Å². The van der Waals surface area contributed by atoms with Gasteiger partial charge in [0.05, 0.1) is 6.07 Å². The lowest BCUT2D eigenvalue weighted by Gasteiger charge is -2.07. The molecule has 1 amide bonds. The lowest BCUT2D eigenvalue weighted by Crippen LogP contribution is -2.21. The quantitative estimate of drug-likeness (QED) is 0.370. The summed E-state index contributed by atoms with van der Waals surface area (Å²) in [5.41, 5.74) is -0.651. The number of para-hydroxylation sites is 1. The molecule has 0 aliphatic carbocycles. The number of carbonyl (C=O) groups excluding carboxylic acids is 2. The van der Waals surface area contributed by atoms with Gasteiger partial charge in [0.15, 0.2) is 6.61 Å². The molecular formula is C15H10F2N2O6. The number of carbonyl (C=O) groups is 2. The average molecular weight is 352 g/mol. The molecule has 1 heterocycles. The second-order valence-electron chi connectivity index (χ2n) is 4.52. The second kappa shape index (κ2) is 7.81. The number of ether oxygens (including phenoxy) is 1. The average Bonchev–Trinajstić information content (AvgIpc) is 3.04. The van der Waals surface area contributed by atoms with Crippen LogP contribution in [0.3, 0.4) is 0 Å². The van der Waals surface area contributed by atoms with E-state index >= 15 is 0 Å². The maximum atomic E-state index is 13.3. The zero-order chi connectivity index (χ0) is 18.4. The zero-order valence-corrected chi connectivity index (χ0v) is 12.4. The Morgan fingerprint density at radius 3 is 2.52 bits per heavy atom. The van der Waals surface area contributed by atoms with Crippen LogP contribution in [-0.4, -0.2) is 23.4 Å². The number of esters is 1. The van der Waals surface area contributed by atoms with Crippen LogP contribution in [0.5, 0.6) is 0 Å². The van der Waals surface area contributed by atoms with E-state index in [2.05, 4.69) is 4.74 Å². The van der Waals surface area contributed by atoms with Gasteiger partial charge in [-0.15, -0.1) is 0 Å². The number of halogens is 2. The Morgan fingerprint density at radius 2 is 1.92 bits per heavy atom. The number of hydrogen-bond acceptors (Lipinski definition) is 6. The highest BCUT2D eigenvalue weighted by molar-refractivity contribution is 5.94. The predicted octanol–water partition coefficient (Wildman–Crippen LogP) is 2.66. The maximum Gasteiger partial charge on any atom is 0.433 e. The Kier molecular flexibility index (Phi) is 5.56. The Bertz CT molecular complexity index is 826. The summed E-state index contributed by atoms with van der Waals surface area (Å²) in [5, 5.41) is 12.4. The van der Waals surface area contributed by atoms with E-state index in [1.807, 2.05) is 5.32 Å². The Balaban J connectivity index is 1.85. The molecule has 1 aromatic heterocycles. The molecule has 130 valence electrons. The fraction of sp³-hybridized carbons (Fsp3) is 0.0667. The van der Waals surface area contributed by atoms with Crippen molar-refractivity contribution in [3.63, 3.8) is 0 Å². The molecule has 0 bridgehead atoms. The third-order valence-corrected chi connectivity index (χ3v) is 2.75. The van der Waals surface area contributed by atoms with Crippen molar-refractivity contribution in [2.24, 2.45) is 0 Å². The van der Waals surface area contributed by atoms with Crippen LogP contribution in [0.25, 0.3) is 6.08 Å². The van der Waals surface area contributed by atoms with Crippen molar-refractivity contribution in [1.29, 1.82) is 0 Å². The molecule has 0 fully saturated rings. The number of hydrogen-bond donors (Lipinski definition) is 1. The monoisotopic (exact) mass is 352 g/mol. The summed E-state index contributed by atoms with van der Waals surface area (Å²) < 4.78 is 36.0. The SMILES string of the molecule is O=C(COC(=O)/C=C/c1ccc([N+](=O)[O-])o1)Nc1c(F)cccc1F. The first-order chi connectivity index (χ1) is 11.9. The summed E-state index contributed by atoms with van der Waals surface area (Å²) in [6.07, 6.45) is 1.98. The number of furan rings is 1. The van der Waals surface area contributed by atoms with Crippen LogP contribution in [0.4, 0.5) is 20.4 Å². The largest absolute Gasteiger partial charge is 0.452 e. The van der Waals surface area contributed by atoms with Gasteiger partial charge in [-0.05, 0) is 24.3 Å². The number of nitrogens with zero attached hydrogens (tertiary/aromatic N) is 1. The minimum absolute atomic E-state index is 0.0292. The summed E-state index contributed by atoms with van der Waals surface area (Å²) in [4.78, 5) is 32.6. The van der Waals surface area contributed by atoms with Crippen LogP contribution in [0, 0.1) is 21.7 Å². The van der Waals surface area contributed by atoms with E-state index in [9.17, 15) is 28.5 Å². The fourth-order valence-electron chi connectivity index (χ4n) is 1.66. The third kappa shape index (κ3) is 4.96. The summed E-state index contributed by atoms with van der Waals surface area (Å²) in [6, 6.07) is 5.40. The summed E-state index contributed by atoms with van der Waals surface area (Å²) in [5.74, 6) is -4.32. The number of nitrogens with one attached hydrogen (secondary N) is 1. The molecule has 8 nitrogen and oxygen atoms in total. The number of amides is 1. The molecule has 1 N–H and O–H groups in total. The van der Waals surface area contributed by atoms with E-state index in [0.717, 1.165) is 36.4 Å². The van der Waals surface area contributed by atoms with Crippen molar-refractivity contribution in [1.82, 2.24) is 0 Å². The summed E-state index contributed by atoms with van der Waals surface area (Å²) in [7, 11) is 0. The molecule has 25 heavy (non-hydrogen) atoms. The Morgan fingerprint density at radius 1 is 1.24 bits per heavy atom. The van der Waals surface area contributed by atoms with Crippen LogP contribution in [0.2, 0.25) is 0 Å². The van der Waals surface area contributed by atoms with Crippen molar-refractivity contribution in [2.45, 2.75) is 0 Å². The van der Waals surface area contributed by atoms with Gasteiger partial charge in [0.2, 0.25) is 0 Å². The number of benzene rings is 1. The minimum Gasteiger partial charge on any atom is -0.452 e. The van der Waals surface area contributed by atoms with E-state index in [0.29, 0.717) is 0 Å². The highest BCUT2D eigenvalue weighted by Gasteiger charge is 2.13. The van der Waals surface area contributed by atoms with Gasteiger partial charge in [-0.3, -0.25) is 14.9 Å². The third-order valence-electron chi connectivity index (χ3n) is 2.75. The zero-order valence-electron chi connectivity index (χ0n) is 12.4. The molecular weight excluding hydrogens is 342 g/mol. The van der Waals surface area contributed by atoms with Gasteiger partial charge < -0.3 is 14.5 Å². The molecule has 2 rings (SSSR count). The van der Waals surface area contributed by atoms with E-state index < -0.39 is 46.6 Å². The highest BCUT2D eigenvalue weighted by atomic mass is 19.1. The van der Waals surface area contributed by atoms with E-state index in [1.165, 1.54) is 6.07 Å². The first-order valence-electron chi connectivity index (χ1n) is 6.69. The number of anilines is 1. The normalized spacial score (nSPS) is 10.6. The molecule has 0 aliphatic rings. The number of nitro groups is 1. The first kappa shape index (κ1) is 17.8. The van der Waals surface area contributed by atoms with Gasteiger partial charge in [-0.1, -0.05) is 6.07 Å². The Labute approximate surface area is 138 Å². The van der Waals surface area contributed by atoms with Gasteiger partial charge in [0, 0.05) is 6.08 Å². The van der Waals surface area contributed by atoms with Crippen molar-refractivity contribution in [3.8, 4) is 0 Å². The van der Waals surface area contributed by atoms with Crippen molar-refractivity contribution >= 4 is 29.5 Å². The minimum atomic E-state index is -0.973. The topological polar surface area (TPSA) is 112 Å². The summed E-state index contributed by atoms with van der Waals surface area (Å²) >= 11 is 0. The van der Waals surface area contributed by atoms with Gasteiger partial charge in [0.1, 0.15) is 28.0 Å². The molecule has 0 saturated heterocycles. The van der Waals surface area contributed by atoms with Gasteiger partial charge in [-0.25, -0.2) is 13.6 Å². The summed E-state index contributed by atoms with van der Waals surface area (Å²) in [6.45, 7) is -0.782. The van der Waals surface area contributed by atoms with Crippen LogP contribution in [0.15, 0.2) is 40.8 Å². The molecule has 0 spiro atoms. The molecule has 10 heteroatoms. The standard InChI is InChI=1S/C15H10F2N2O6/c16-10-2-1-3-11(17)15(10)18-12(20)8-24-14(21)7-5-9-4-6-13(25-9)19(22)23/h1-7H,8H2,(H,18,20)/b7-5+. The Hall–Kier alpha value is -3.56. The van der Waals surface area contributed by atoms with Crippen molar-refractivity contribution in [3.05, 3.63) is 63.9 Å².